The standard InChI is InChI=1S/C24H18FN5O3/c1-12-5-6-13(21-29-24(33-30-21)16-10-17(16)25)9-19(12)28-22(31)20-11-27-23(32-20)15-3-2-4-18-14(15)7-8-26-18/h2-9,11,16-17,26H,10H2,1H3,(H,28,31)/t16-,17-/m0/s1. The van der Waals surface area contributed by atoms with Crippen molar-refractivity contribution in [1.29, 1.82) is 0 Å². The van der Waals surface area contributed by atoms with Crippen molar-refractivity contribution >= 4 is 22.5 Å². The predicted molar refractivity (Wildman–Crippen MR) is 118 cm³/mol. The maximum absolute atomic E-state index is 13.3. The molecule has 0 aliphatic heterocycles. The van der Waals surface area contributed by atoms with Crippen LogP contribution in [0.2, 0.25) is 0 Å². The zero-order valence-electron chi connectivity index (χ0n) is 17.5. The molecule has 3 aromatic heterocycles. The molecule has 5 aromatic rings. The predicted octanol–water partition coefficient (Wildman–Crippen LogP) is 5.26. The van der Waals surface area contributed by atoms with Gasteiger partial charge in [-0.1, -0.05) is 23.4 Å². The number of carbonyl (C=O) groups is 1. The van der Waals surface area contributed by atoms with Crippen molar-refractivity contribution in [3.8, 4) is 22.8 Å². The molecule has 2 N–H and O–H groups in total. The number of anilines is 1. The van der Waals surface area contributed by atoms with Gasteiger partial charge >= 0.3 is 0 Å². The number of hydrogen-bond acceptors (Lipinski definition) is 6. The number of alkyl halides is 1. The molecule has 2 atom stereocenters. The second-order valence-electron chi connectivity index (χ2n) is 8.07. The Morgan fingerprint density at radius 1 is 1.24 bits per heavy atom. The molecule has 1 fully saturated rings. The van der Waals surface area contributed by atoms with Gasteiger partial charge in [-0.25, -0.2) is 9.37 Å². The summed E-state index contributed by atoms with van der Waals surface area (Å²) in [6, 6.07) is 13.1. The number of hydrogen-bond donors (Lipinski definition) is 2. The van der Waals surface area contributed by atoms with E-state index in [-0.39, 0.29) is 11.7 Å². The van der Waals surface area contributed by atoms with Crippen LogP contribution < -0.4 is 5.32 Å². The first-order valence-corrected chi connectivity index (χ1v) is 10.5. The Morgan fingerprint density at radius 2 is 2.12 bits per heavy atom. The summed E-state index contributed by atoms with van der Waals surface area (Å²) in [6.45, 7) is 1.87. The average Bonchev–Trinajstić information content (AvgIpc) is 3.29. The lowest BCUT2D eigenvalue weighted by molar-refractivity contribution is 0.0997. The lowest BCUT2D eigenvalue weighted by atomic mass is 10.1. The van der Waals surface area contributed by atoms with Crippen LogP contribution in [0.4, 0.5) is 10.1 Å². The van der Waals surface area contributed by atoms with Crippen molar-refractivity contribution in [1.82, 2.24) is 20.1 Å². The first-order valence-electron chi connectivity index (χ1n) is 10.5. The Hall–Kier alpha value is -4.27. The largest absolute Gasteiger partial charge is 0.431 e. The Morgan fingerprint density at radius 3 is 2.97 bits per heavy atom. The molecule has 0 saturated heterocycles. The highest BCUT2D eigenvalue weighted by atomic mass is 19.1. The molecular weight excluding hydrogens is 425 g/mol. The van der Waals surface area contributed by atoms with E-state index >= 15 is 0 Å². The van der Waals surface area contributed by atoms with Crippen LogP contribution >= 0.6 is 0 Å². The number of aryl methyl sites for hydroxylation is 1. The summed E-state index contributed by atoms with van der Waals surface area (Å²) in [5.41, 5.74) is 3.82. The van der Waals surface area contributed by atoms with Crippen LogP contribution in [0.5, 0.6) is 0 Å². The van der Waals surface area contributed by atoms with Crippen LogP contribution in [0.25, 0.3) is 33.7 Å². The fraction of sp³-hybridized carbons (Fsp3) is 0.167. The van der Waals surface area contributed by atoms with E-state index in [0.717, 1.165) is 22.0 Å². The number of H-pyrrole nitrogens is 1. The lowest BCUT2D eigenvalue weighted by Crippen LogP contribution is -2.12. The number of fused-ring (bicyclic) bond motifs is 1. The molecule has 1 saturated carbocycles. The van der Waals surface area contributed by atoms with Gasteiger partial charge < -0.3 is 19.2 Å². The number of amides is 1. The minimum Gasteiger partial charge on any atom is -0.431 e. The van der Waals surface area contributed by atoms with Gasteiger partial charge in [-0.3, -0.25) is 4.79 Å². The molecule has 1 amide bonds. The maximum atomic E-state index is 13.3. The first kappa shape index (κ1) is 19.4. The van der Waals surface area contributed by atoms with Crippen LogP contribution in [0.3, 0.4) is 0 Å². The number of carbonyl (C=O) groups excluding carboxylic acids is 1. The van der Waals surface area contributed by atoms with Gasteiger partial charge in [-0.2, -0.15) is 4.98 Å². The van der Waals surface area contributed by atoms with Crippen molar-refractivity contribution in [2.45, 2.75) is 25.4 Å². The topological polar surface area (TPSA) is 110 Å². The van der Waals surface area contributed by atoms with E-state index in [2.05, 4.69) is 25.4 Å². The maximum Gasteiger partial charge on any atom is 0.293 e. The van der Waals surface area contributed by atoms with Crippen LogP contribution in [-0.2, 0) is 0 Å². The Kier molecular flexibility index (Phi) is 4.36. The number of rotatable bonds is 5. The number of aromatic nitrogens is 4. The van der Waals surface area contributed by atoms with Crippen molar-refractivity contribution < 1.29 is 18.1 Å². The first-order chi connectivity index (χ1) is 16.1. The van der Waals surface area contributed by atoms with Gasteiger partial charge in [0.25, 0.3) is 5.91 Å². The highest BCUT2D eigenvalue weighted by Crippen LogP contribution is 2.43. The number of benzene rings is 2. The Bertz CT molecular complexity index is 1500. The molecule has 3 heterocycles. The molecule has 1 aliphatic carbocycles. The molecule has 8 nitrogen and oxygen atoms in total. The van der Waals surface area contributed by atoms with E-state index in [4.69, 9.17) is 8.94 Å². The second kappa shape index (κ2) is 7.40. The number of halogens is 1. The SMILES string of the molecule is Cc1ccc(-c2noc([C@H]3C[C@@H]3F)n2)cc1NC(=O)c1cnc(-c2cccc3[nH]ccc23)o1. The zero-order chi connectivity index (χ0) is 22.5. The van der Waals surface area contributed by atoms with Gasteiger partial charge in [0, 0.05) is 33.9 Å². The molecule has 0 spiro atoms. The van der Waals surface area contributed by atoms with Gasteiger partial charge in [-0.15, -0.1) is 0 Å². The molecule has 0 radical (unpaired) electrons. The normalized spacial score (nSPS) is 17.4. The van der Waals surface area contributed by atoms with Gasteiger partial charge in [0.15, 0.2) is 0 Å². The van der Waals surface area contributed by atoms with E-state index in [9.17, 15) is 9.18 Å². The average molecular weight is 443 g/mol. The fourth-order valence-electron chi connectivity index (χ4n) is 3.78. The van der Waals surface area contributed by atoms with Gasteiger partial charge in [-0.05, 0) is 43.2 Å². The minimum absolute atomic E-state index is 0.0897. The smallest absolute Gasteiger partial charge is 0.293 e. The number of nitrogens with one attached hydrogen (secondary N) is 2. The molecule has 164 valence electrons. The Labute approximate surface area is 186 Å². The molecule has 33 heavy (non-hydrogen) atoms. The minimum atomic E-state index is -0.915. The van der Waals surface area contributed by atoms with E-state index in [1.165, 1.54) is 6.20 Å². The highest BCUT2D eigenvalue weighted by Gasteiger charge is 2.43. The molecule has 1 aliphatic rings. The van der Waals surface area contributed by atoms with Gasteiger partial charge in [0.1, 0.15) is 6.17 Å². The third-order valence-electron chi connectivity index (χ3n) is 5.77. The van der Waals surface area contributed by atoms with Crippen molar-refractivity contribution in [3.63, 3.8) is 0 Å². The van der Waals surface area contributed by atoms with Crippen LogP contribution in [0, 0.1) is 6.92 Å². The number of nitrogens with zero attached hydrogens (tertiary/aromatic N) is 3. The summed E-state index contributed by atoms with van der Waals surface area (Å²) >= 11 is 0. The molecule has 6 rings (SSSR count). The third-order valence-corrected chi connectivity index (χ3v) is 5.77. The molecule has 0 bridgehead atoms. The third kappa shape index (κ3) is 3.47. The molecule has 0 unspecified atom stereocenters. The lowest BCUT2D eigenvalue weighted by Gasteiger charge is -2.08. The molecular formula is C24H18FN5O3. The van der Waals surface area contributed by atoms with Crippen LogP contribution in [0.15, 0.2) is 63.8 Å². The number of aromatic amines is 1. The Balaban J connectivity index is 1.24. The zero-order valence-corrected chi connectivity index (χ0v) is 17.5. The summed E-state index contributed by atoms with van der Waals surface area (Å²) in [7, 11) is 0. The van der Waals surface area contributed by atoms with Crippen molar-refractivity contribution in [2.75, 3.05) is 5.32 Å². The summed E-state index contributed by atoms with van der Waals surface area (Å²) in [5.74, 6) is 0.362. The fourth-order valence-corrected chi connectivity index (χ4v) is 3.78. The van der Waals surface area contributed by atoms with Crippen molar-refractivity contribution in [2.24, 2.45) is 0 Å². The van der Waals surface area contributed by atoms with Crippen molar-refractivity contribution in [3.05, 3.63) is 72.1 Å². The monoisotopic (exact) mass is 443 g/mol. The summed E-state index contributed by atoms with van der Waals surface area (Å²) in [6.07, 6.45) is 2.74. The van der Waals surface area contributed by atoms with E-state index < -0.39 is 12.1 Å². The van der Waals surface area contributed by atoms with Crippen LogP contribution in [-0.4, -0.2) is 32.2 Å². The summed E-state index contributed by atoms with van der Waals surface area (Å²) in [5, 5.41) is 7.77. The van der Waals surface area contributed by atoms with E-state index in [1.54, 1.807) is 6.07 Å². The summed E-state index contributed by atoms with van der Waals surface area (Å²) in [4.78, 5) is 24.6. The van der Waals surface area contributed by atoms with E-state index in [0.29, 0.717) is 35.3 Å². The second-order valence-corrected chi connectivity index (χ2v) is 8.07. The highest BCUT2D eigenvalue weighted by molar-refractivity contribution is 6.03. The molecule has 9 heteroatoms. The van der Waals surface area contributed by atoms with Gasteiger partial charge in [0.05, 0.1) is 12.1 Å². The quantitative estimate of drug-likeness (QED) is 0.383. The number of oxazole rings is 1. The van der Waals surface area contributed by atoms with Gasteiger partial charge in [0.2, 0.25) is 23.4 Å². The van der Waals surface area contributed by atoms with E-state index in [1.807, 2.05) is 49.5 Å². The summed E-state index contributed by atoms with van der Waals surface area (Å²) < 4.78 is 24.2. The molecule has 2 aromatic carbocycles. The van der Waals surface area contributed by atoms with Crippen LogP contribution in [0.1, 0.15) is 34.3 Å².